The minimum Gasteiger partial charge on any atom is -0.376 e. The van der Waals surface area contributed by atoms with Crippen LogP contribution in [0, 0.1) is 6.92 Å². The van der Waals surface area contributed by atoms with Crippen LogP contribution in [0.1, 0.15) is 35.4 Å². The molecule has 0 spiro atoms. The van der Waals surface area contributed by atoms with Crippen molar-refractivity contribution in [3.63, 3.8) is 0 Å². The standard InChI is InChI=1S/C14H18N4S/c1-4-5-14-18-12(9-19-14)11(3)15-8-13-16-6-10(2)7-17-13/h6-7,9,15H,3-5,8H2,1-2H3. The zero-order valence-corrected chi connectivity index (χ0v) is 12.1. The molecule has 0 aliphatic rings. The highest BCUT2D eigenvalue weighted by molar-refractivity contribution is 7.09. The van der Waals surface area contributed by atoms with E-state index in [0.717, 1.165) is 40.6 Å². The molecule has 5 heteroatoms. The molecule has 0 atom stereocenters. The molecule has 0 radical (unpaired) electrons. The molecule has 2 aromatic rings. The molecule has 0 aromatic carbocycles. The molecule has 0 bridgehead atoms. The minimum absolute atomic E-state index is 0.569. The van der Waals surface area contributed by atoms with Crippen LogP contribution in [-0.4, -0.2) is 15.0 Å². The van der Waals surface area contributed by atoms with Crippen LogP contribution in [0.3, 0.4) is 0 Å². The van der Waals surface area contributed by atoms with E-state index in [1.807, 2.05) is 24.7 Å². The van der Waals surface area contributed by atoms with Crippen LogP contribution >= 0.6 is 11.3 Å². The fourth-order valence-electron chi connectivity index (χ4n) is 1.57. The molecule has 1 N–H and O–H groups in total. The van der Waals surface area contributed by atoms with E-state index in [0.29, 0.717) is 6.54 Å². The van der Waals surface area contributed by atoms with Crippen LogP contribution in [-0.2, 0) is 13.0 Å². The number of rotatable bonds is 6. The molecule has 0 aliphatic heterocycles. The summed E-state index contributed by atoms with van der Waals surface area (Å²) in [6, 6.07) is 0. The maximum Gasteiger partial charge on any atom is 0.147 e. The smallest absolute Gasteiger partial charge is 0.147 e. The third-order valence-corrected chi connectivity index (χ3v) is 3.53. The summed E-state index contributed by atoms with van der Waals surface area (Å²) in [5, 5.41) is 6.41. The highest BCUT2D eigenvalue weighted by Gasteiger charge is 2.05. The third kappa shape index (κ3) is 3.86. The van der Waals surface area contributed by atoms with E-state index in [4.69, 9.17) is 0 Å². The van der Waals surface area contributed by atoms with Crippen molar-refractivity contribution in [2.24, 2.45) is 0 Å². The number of aromatic nitrogens is 3. The van der Waals surface area contributed by atoms with Gasteiger partial charge in [0.2, 0.25) is 0 Å². The molecule has 0 saturated carbocycles. The Bertz CT molecular complexity index is 545. The Kier molecular flexibility index (Phi) is 4.63. The second-order valence-corrected chi connectivity index (χ2v) is 5.33. The summed E-state index contributed by atoms with van der Waals surface area (Å²) in [6.45, 7) is 8.71. The van der Waals surface area contributed by atoms with Crippen LogP contribution in [0.15, 0.2) is 24.4 Å². The van der Waals surface area contributed by atoms with Crippen LogP contribution in [0.4, 0.5) is 0 Å². The molecule has 100 valence electrons. The molecule has 2 heterocycles. The molecule has 0 unspecified atom stereocenters. The predicted octanol–water partition coefficient (Wildman–Crippen LogP) is 2.95. The van der Waals surface area contributed by atoms with Crippen LogP contribution < -0.4 is 5.32 Å². The number of nitrogens with zero attached hydrogens (tertiary/aromatic N) is 3. The molecule has 0 saturated heterocycles. The van der Waals surface area contributed by atoms with Crippen LogP contribution in [0.2, 0.25) is 0 Å². The number of aryl methyl sites for hydroxylation is 2. The Morgan fingerprint density at radius 3 is 2.79 bits per heavy atom. The Labute approximate surface area is 117 Å². The van der Waals surface area contributed by atoms with Crippen molar-refractivity contribution in [2.75, 3.05) is 0 Å². The van der Waals surface area contributed by atoms with Crippen LogP contribution in [0.5, 0.6) is 0 Å². The number of thiazole rings is 1. The highest BCUT2D eigenvalue weighted by Crippen LogP contribution is 2.16. The lowest BCUT2D eigenvalue weighted by molar-refractivity contribution is 0.802. The van der Waals surface area contributed by atoms with Gasteiger partial charge < -0.3 is 5.32 Å². The SMILES string of the molecule is C=C(NCc1ncc(C)cn1)c1csc(CCC)n1. The van der Waals surface area contributed by atoms with Gasteiger partial charge in [-0.2, -0.15) is 0 Å². The lowest BCUT2D eigenvalue weighted by Gasteiger charge is -2.06. The molecule has 4 nitrogen and oxygen atoms in total. The molecule has 0 amide bonds. The summed E-state index contributed by atoms with van der Waals surface area (Å²) in [5.74, 6) is 0.760. The molecular weight excluding hydrogens is 256 g/mol. The number of nitrogens with one attached hydrogen (secondary N) is 1. The molecule has 19 heavy (non-hydrogen) atoms. The third-order valence-electron chi connectivity index (χ3n) is 2.62. The van der Waals surface area contributed by atoms with Gasteiger partial charge >= 0.3 is 0 Å². The minimum atomic E-state index is 0.569. The van der Waals surface area contributed by atoms with E-state index in [2.05, 4.69) is 33.8 Å². The Hall–Kier alpha value is -1.75. The van der Waals surface area contributed by atoms with Gasteiger partial charge in [0.25, 0.3) is 0 Å². The summed E-state index contributed by atoms with van der Waals surface area (Å²) in [7, 11) is 0. The van der Waals surface area contributed by atoms with Crippen LogP contribution in [0.25, 0.3) is 5.70 Å². The fraction of sp³-hybridized carbons (Fsp3) is 0.357. The van der Waals surface area contributed by atoms with E-state index in [1.54, 1.807) is 11.3 Å². The highest BCUT2D eigenvalue weighted by atomic mass is 32.1. The average molecular weight is 274 g/mol. The zero-order chi connectivity index (χ0) is 13.7. The van der Waals surface area contributed by atoms with Gasteiger partial charge in [0.15, 0.2) is 0 Å². The van der Waals surface area contributed by atoms with Gasteiger partial charge in [0.05, 0.1) is 22.9 Å². The van der Waals surface area contributed by atoms with Gasteiger partial charge in [0.1, 0.15) is 5.82 Å². The van der Waals surface area contributed by atoms with Gasteiger partial charge in [-0.3, -0.25) is 0 Å². The first-order chi connectivity index (χ1) is 9.19. The van der Waals surface area contributed by atoms with Crippen molar-refractivity contribution in [2.45, 2.75) is 33.2 Å². The average Bonchev–Trinajstić information content (AvgIpc) is 2.87. The van der Waals surface area contributed by atoms with Crippen molar-refractivity contribution in [1.29, 1.82) is 0 Å². The fourth-order valence-corrected chi connectivity index (χ4v) is 2.48. The first kappa shape index (κ1) is 13.7. The lowest BCUT2D eigenvalue weighted by atomic mass is 10.3. The van der Waals surface area contributed by atoms with Crippen molar-refractivity contribution >= 4 is 17.0 Å². The molecule has 2 aromatic heterocycles. The summed E-state index contributed by atoms with van der Waals surface area (Å²) in [4.78, 5) is 13.0. The number of hydrogen-bond donors (Lipinski definition) is 1. The largest absolute Gasteiger partial charge is 0.376 e. The Balaban J connectivity index is 1.91. The van der Waals surface area contributed by atoms with E-state index in [1.165, 1.54) is 0 Å². The molecule has 0 aliphatic carbocycles. The molecule has 2 rings (SSSR count). The number of hydrogen-bond acceptors (Lipinski definition) is 5. The van der Waals surface area contributed by atoms with Crippen molar-refractivity contribution in [3.05, 3.63) is 46.4 Å². The maximum atomic E-state index is 4.54. The Morgan fingerprint density at radius 1 is 1.37 bits per heavy atom. The second-order valence-electron chi connectivity index (χ2n) is 4.39. The second kappa shape index (κ2) is 6.43. The first-order valence-corrected chi connectivity index (χ1v) is 7.22. The van der Waals surface area contributed by atoms with Crippen molar-refractivity contribution < 1.29 is 0 Å². The monoisotopic (exact) mass is 274 g/mol. The normalized spacial score (nSPS) is 10.4. The summed E-state index contributed by atoms with van der Waals surface area (Å²) >= 11 is 1.68. The summed E-state index contributed by atoms with van der Waals surface area (Å²) in [5.41, 5.74) is 2.80. The summed E-state index contributed by atoms with van der Waals surface area (Å²) < 4.78 is 0. The van der Waals surface area contributed by atoms with Gasteiger partial charge in [-0.05, 0) is 25.3 Å². The summed E-state index contributed by atoms with van der Waals surface area (Å²) in [6.07, 6.45) is 5.77. The van der Waals surface area contributed by atoms with E-state index >= 15 is 0 Å². The van der Waals surface area contributed by atoms with E-state index in [9.17, 15) is 0 Å². The lowest BCUT2D eigenvalue weighted by Crippen LogP contribution is -2.13. The van der Waals surface area contributed by atoms with Crippen molar-refractivity contribution in [3.8, 4) is 0 Å². The predicted molar refractivity (Wildman–Crippen MR) is 78.8 cm³/mol. The van der Waals surface area contributed by atoms with Gasteiger partial charge in [-0.15, -0.1) is 11.3 Å². The molecule has 0 fully saturated rings. The zero-order valence-electron chi connectivity index (χ0n) is 11.3. The van der Waals surface area contributed by atoms with Gasteiger partial charge in [0, 0.05) is 17.8 Å². The quantitative estimate of drug-likeness (QED) is 0.880. The van der Waals surface area contributed by atoms with Gasteiger partial charge in [-0.1, -0.05) is 13.5 Å². The van der Waals surface area contributed by atoms with E-state index in [-0.39, 0.29) is 0 Å². The molecular formula is C14H18N4S. The Morgan fingerprint density at radius 2 is 2.11 bits per heavy atom. The maximum absolute atomic E-state index is 4.54. The topological polar surface area (TPSA) is 50.7 Å². The van der Waals surface area contributed by atoms with E-state index < -0.39 is 0 Å². The van der Waals surface area contributed by atoms with Crippen molar-refractivity contribution in [1.82, 2.24) is 20.3 Å². The first-order valence-electron chi connectivity index (χ1n) is 6.34. The van der Waals surface area contributed by atoms with Gasteiger partial charge in [-0.25, -0.2) is 15.0 Å².